The van der Waals surface area contributed by atoms with Crippen molar-refractivity contribution in [1.82, 2.24) is 0 Å². The molecular formula is C11H9ClO4. The molecule has 0 amide bonds. The summed E-state index contributed by atoms with van der Waals surface area (Å²) in [5, 5.41) is 10.0. The lowest BCUT2D eigenvalue weighted by Gasteiger charge is -1.99. The van der Waals surface area contributed by atoms with Gasteiger partial charge in [0.25, 0.3) is 5.78 Å². The van der Waals surface area contributed by atoms with Crippen LogP contribution >= 0.6 is 11.6 Å². The summed E-state index contributed by atoms with van der Waals surface area (Å²) in [6, 6.07) is 6.17. The Kier molecular flexibility index (Phi) is 4.08. The summed E-state index contributed by atoms with van der Waals surface area (Å²) in [4.78, 5) is 21.9. The summed E-state index contributed by atoms with van der Waals surface area (Å²) in [6.45, 7) is 0. The highest BCUT2D eigenvalue weighted by Gasteiger charge is 2.12. The van der Waals surface area contributed by atoms with Crippen molar-refractivity contribution in [2.45, 2.75) is 0 Å². The highest BCUT2D eigenvalue weighted by Crippen LogP contribution is 2.15. The highest BCUT2D eigenvalue weighted by molar-refractivity contribution is 6.39. The Labute approximate surface area is 97.1 Å². The van der Waals surface area contributed by atoms with Gasteiger partial charge in [0.15, 0.2) is 0 Å². The maximum atomic E-state index is 11.1. The van der Waals surface area contributed by atoms with Crippen LogP contribution in [-0.2, 0) is 14.3 Å². The second-order valence-corrected chi connectivity index (χ2v) is 3.33. The second-order valence-electron chi connectivity index (χ2n) is 2.89. The van der Waals surface area contributed by atoms with Gasteiger partial charge in [0.1, 0.15) is 5.76 Å². The molecule has 0 heterocycles. The van der Waals surface area contributed by atoms with E-state index in [-0.39, 0.29) is 5.76 Å². The minimum absolute atomic E-state index is 0.313. The van der Waals surface area contributed by atoms with Gasteiger partial charge in [-0.2, -0.15) is 0 Å². The molecule has 0 aliphatic carbocycles. The summed E-state index contributed by atoms with van der Waals surface area (Å²) in [5.41, 5.74) is 0.390. The molecule has 84 valence electrons. The summed E-state index contributed by atoms with van der Waals surface area (Å²) >= 11 is 5.65. The Morgan fingerprint density at radius 2 is 1.88 bits per heavy atom. The van der Waals surface area contributed by atoms with Crippen LogP contribution in [0.1, 0.15) is 5.56 Å². The molecule has 0 unspecified atom stereocenters. The molecule has 0 saturated carbocycles. The van der Waals surface area contributed by atoms with E-state index in [1.807, 2.05) is 0 Å². The van der Waals surface area contributed by atoms with Gasteiger partial charge >= 0.3 is 5.97 Å². The Balaban J connectivity index is 2.89. The zero-order valence-electron chi connectivity index (χ0n) is 8.44. The van der Waals surface area contributed by atoms with Gasteiger partial charge < -0.3 is 9.84 Å². The Morgan fingerprint density at radius 1 is 1.31 bits per heavy atom. The van der Waals surface area contributed by atoms with E-state index in [4.69, 9.17) is 11.6 Å². The number of ketones is 1. The number of aliphatic hydroxyl groups excluding tert-OH is 1. The van der Waals surface area contributed by atoms with Crippen molar-refractivity contribution >= 4 is 29.1 Å². The molecule has 0 spiro atoms. The lowest BCUT2D eigenvalue weighted by molar-refractivity contribution is -0.149. The second kappa shape index (κ2) is 5.32. The monoisotopic (exact) mass is 240 g/mol. The van der Waals surface area contributed by atoms with Gasteiger partial charge in [0.2, 0.25) is 0 Å². The van der Waals surface area contributed by atoms with Crippen LogP contribution in [-0.4, -0.2) is 24.0 Å². The number of rotatable bonds is 3. The summed E-state index contributed by atoms with van der Waals surface area (Å²) in [7, 11) is 1.09. The minimum Gasteiger partial charge on any atom is -0.507 e. The molecule has 1 aromatic carbocycles. The van der Waals surface area contributed by atoms with Crippen molar-refractivity contribution in [2.24, 2.45) is 0 Å². The average molecular weight is 241 g/mol. The molecule has 0 aliphatic rings. The van der Waals surface area contributed by atoms with Crippen molar-refractivity contribution in [3.05, 3.63) is 40.9 Å². The molecule has 0 fully saturated rings. The van der Waals surface area contributed by atoms with Crippen LogP contribution in [0.25, 0.3) is 5.76 Å². The summed E-state index contributed by atoms with van der Waals surface area (Å²) in [5.74, 6) is -2.26. The Hall–Kier alpha value is -1.81. The third-order valence-corrected chi connectivity index (χ3v) is 2.05. The zero-order valence-corrected chi connectivity index (χ0v) is 9.19. The van der Waals surface area contributed by atoms with Crippen LogP contribution in [0.15, 0.2) is 30.3 Å². The van der Waals surface area contributed by atoms with E-state index < -0.39 is 11.8 Å². The first-order valence-corrected chi connectivity index (χ1v) is 4.71. The smallest absolute Gasteiger partial charge is 0.378 e. The first-order chi connectivity index (χ1) is 7.54. The fourth-order valence-corrected chi connectivity index (χ4v) is 1.11. The predicted molar refractivity (Wildman–Crippen MR) is 59.1 cm³/mol. The maximum absolute atomic E-state index is 11.1. The third kappa shape index (κ3) is 3.10. The van der Waals surface area contributed by atoms with Gasteiger partial charge in [-0.1, -0.05) is 11.6 Å². The highest BCUT2D eigenvalue weighted by atomic mass is 35.5. The van der Waals surface area contributed by atoms with Gasteiger partial charge in [-0.15, -0.1) is 0 Å². The van der Waals surface area contributed by atoms with E-state index >= 15 is 0 Å². The van der Waals surface area contributed by atoms with Crippen LogP contribution in [0.2, 0.25) is 5.02 Å². The quantitative estimate of drug-likeness (QED) is 0.380. The largest absolute Gasteiger partial charge is 0.507 e. The lowest BCUT2D eigenvalue weighted by atomic mass is 10.1. The Bertz CT molecular complexity index is 434. The van der Waals surface area contributed by atoms with Gasteiger partial charge in [-0.05, 0) is 24.3 Å². The number of methoxy groups -OCH3 is 1. The number of aliphatic hydroxyl groups is 1. The van der Waals surface area contributed by atoms with E-state index in [1.54, 1.807) is 12.1 Å². The predicted octanol–water partition coefficient (Wildman–Crippen LogP) is 1.98. The SMILES string of the molecule is COC(=O)C(=O)/C=C(/O)c1ccc(Cl)cc1. The fraction of sp³-hybridized carbons (Fsp3) is 0.0909. The van der Waals surface area contributed by atoms with E-state index in [9.17, 15) is 14.7 Å². The van der Waals surface area contributed by atoms with Crippen LogP contribution in [0.5, 0.6) is 0 Å². The van der Waals surface area contributed by atoms with Gasteiger partial charge in [0.05, 0.1) is 7.11 Å². The van der Waals surface area contributed by atoms with Gasteiger partial charge in [-0.25, -0.2) is 4.79 Å². The van der Waals surface area contributed by atoms with E-state index in [1.165, 1.54) is 12.1 Å². The molecule has 1 aromatic rings. The first kappa shape index (κ1) is 12.3. The van der Waals surface area contributed by atoms with Crippen molar-refractivity contribution in [1.29, 1.82) is 0 Å². The summed E-state index contributed by atoms with van der Waals surface area (Å²) in [6.07, 6.45) is 0.801. The zero-order chi connectivity index (χ0) is 12.1. The lowest BCUT2D eigenvalue weighted by Crippen LogP contribution is -2.13. The normalized spacial score (nSPS) is 11.0. The summed E-state index contributed by atoms with van der Waals surface area (Å²) < 4.78 is 4.20. The molecular weight excluding hydrogens is 232 g/mol. The van der Waals surface area contributed by atoms with Gasteiger partial charge in [-0.3, -0.25) is 4.79 Å². The molecule has 0 saturated heterocycles. The molecule has 4 nitrogen and oxygen atoms in total. The molecule has 0 bridgehead atoms. The molecule has 5 heteroatoms. The average Bonchev–Trinajstić information content (AvgIpc) is 2.28. The number of ether oxygens (including phenoxy) is 1. The molecule has 0 atom stereocenters. The number of hydrogen-bond acceptors (Lipinski definition) is 4. The van der Waals surface area contributed by atoms with Crippen LogP contribution in [0.3, 0.4) is 0 Å². The topological polar surface area (TPSA) is 63.6 Å². The Morgan fingerprint density at radius 3 is 2.38 bits per heavy atom. The molecule has 0 radical (unpaired) electrons. The van der Waals surface area contributed by atoms with Crippen molar-refractivity contribution in [3.8, 4) is 0 Å². The standard InChI is InChI=1S/C11H9ClO4/c1-16-11(15)10(14)6-9(13)7-2-4-8(12)5-3-7/h2-6,13H,1H3/b9-6+. The first-order valence-electron chi connectivity index (χ1n) is 4.33. The molecule has 1 N–H and O–H groups in total. The van der Waals surface area contributed by atoms with Crippen LogP contribution in [0.4, 0.5) is 0 Å². The van der Waals surface area contributed by atoms with Crippen molar-refractivity contribution in [2.75, 3.05) is 7.11 Å². The van der Waals surface area contributed by atoms with Crippen molar-refractivity contribution < 1.29 is 19.4 Å². The molecule has 1 rings (SSSR count). The maximum Gasteiger partial charge on any atom is 0.378 e. The number of halogens is 1. The molecule has 0 aromatic heterocycles. The van der Waals surface area contributed by atoms with E-state index in [0.29, 0.717) is 10.6 Å². The van der Waals surface area contributed by atoms with Crippen LogP contribution < -0.4 is 0 Å². The number of esters is 1. The minimum atomic E-state index is -1.03. The number of hydrogen-bond donors (Lipinski definition) is 1. The van der Waals surface area contributed by atoms with E-state index in [2.05, 4.69) is 4.74 Å². The fourth-order valence-electron chi connectivity index (χ4n) is 0.988. The van der Waals surface area contributed by atoms with Gasteiger partial charge in [0, 0.05) is 16.7 Å². The number of carbonyl (C=O) groups is 2. The van der Waals surface area contributed by atoms with Crippen molar-refractivity contribution in [3.63, 3.8) is 0 Å². The molecule has 0 aliphatic heterocycles. The third-order valence-electron chi connectivity index (χ3n) is 1.79. The van der Waals surface area contributed by atoms with E-state index in [0.717, 1.165) is 13.2 Å². The van der Waals surface area contributed by atoms with Crippen LogP contribution in [0, 0.1) is 0 Å². The number of benzene rings is 1. The number of carbonyl (C=O) groups excluding carboxylic acids is 2. The molecule has 16 heavy (non-hydrogen) atoms.